The van der Waals surface area contributed by atoms with Crippen LogP contribution in [0.25, 0.3) is 0 Å². The highest BCUT2D eigenvalue weighted by Crippen LogP contribution is 2.21. The van der Waals surface area contributed by atoms with Crippen molar-refractivity contribution < 1.29 is 9.53 Å². The molecular weight excluding hydrogens is 226 g/mol. The third-order valence-corrected chi connectivity index (χ3v) is 2.90. The van der Waals surface area contributed by atoms with Crippen molar-refractivity contribution >= 4 is 5.91 Å². The second-order valence-corrected chi connectivity index (χ2v) is 7.94. The van der Waals surface area contributed by atoms with Crippen LogP contribution >= 0.6 is 0 Å². The lowest BCUT2D eigenvalue weighted by Gasteiger charge is -2.36. The molecule has 0 heterocycles. The summed E-state index contributed by atoms with van der Waals surface area (Å²) in [5.74, 6) is 0.0544. The van der Waals surface area contributed by atoms with Crippen LogP contribution in [-0.2, 0) is 9.53 Å². The molecule has 1 atom stereocenters. The highest BCUT2D eigenvalue weighted by atomic mass is 16.5. The fourth-order valence-electron chi connectivity index (χ4n) is 1.17. The van der Waals surface area contributed by atoms with Gasteiger partial charge in [-0.25, -0.2) is 0 Å². The summed E-state index contributed by atoms with van der Waals surface area (Å²) in [5, 5.41) is 3.07. The standard InChI is InChI=1S/C15H31NO2/c1-11(18-10-13(2,3)4)15(8,9)16-12(17)14(5,6)7/h11H,10H2,1-9H3,(H,16,17). The molecule has 1 amide bonds. The van der Waals surface area contributed by atoms with Crippen LogP contribution in [0.5, 0.6) is 0 Å². The molecule has 0 aliphatic rings. The van der Waals surface area contributed by atoms with Crippen molar-refractivity contribution in [2.45, 2.75) is 74.0 Å². The third kappa shape index (κ3) is 6.39. The van der Waals surface area contributed by atoms with E-state index >= 15 is 0 Å². The van der Waals surface area contributed by atoms with Gasteiger partial charge in [-0.3, -0.25) is 4.79 Å². The molecule has 0 fully saturated rings. The second-order valence-electron chi connectivity index (χ2n) is 7.94. The Morgan fingerprint density at radius 3 is 1.83 bits per heavy atom. The van der Waals surface area contributed by atoms with E-state index in [1.165, 1.54) is 0 Å². The predicted molar refractivity (Wildman–Crippen MR) is 76.5 cm³/mol. The maximum atomic E-state index is 12.0. The molecule has 1 unspecified atom stereocenters. The molecule has 0 bridgehead atoms. The number of ether oxygens (including phenoxy) is 1. The van der Waals surface area contributed by atoms with E-state index in [4.69, 9.17) is 4.74 Å². The van der Waals surface area contributed by atoms with Crippen molar-refractivity contribution in [1.82, 2.24) is 5.32 Å². The Kier molecular flexibility index (Phi) is 5.42. The topological polar surface area (TPSA) is 38.3 Å². The van der Waals surface area contributed by atoms with Gasteiger partial charge in [-0.05, 0) is 26.2 Å². The Balaban J connectivity index is 4.49. The second kappa shape index (κ2) is 5.60. The van der Waals surface area contributed by atoms with E-state index in [2.05, 4.69) is 26.1 Å². The molecule has 0 spiro atoms. The van der Waals surface area contributed by atoms with Crippen molar-refractivity contribution in [3.05, 3.63) is 0 Å². The van der Waals surface area contributed by atoms with E-state index in [1.807, 2.05) is 41.5 Å². The minimum atomic E-state index is -0.374. The van der Waals surface area contributed by atoms with Crippen molar-refractivity contribution in [2.75, 3.05) is 6.61 Å². The summed E-state index contributed by atoms with van der Waals surface area (Å²) < 4.78 is 5.87. The largest absolute Gasteiger partial charge is 0.376 e. The molecule has 0 aliphatic carbocycles. The molecule has 0 saturated heterocycles. The molecular formula is C15H31NO2. The third-order valence-electron chi connectivity index (χ3n) is 2.90. The van der Waals surface area contributed by atoms with E-state index in [0.29, 0.717) is 6.61 Å². The van der Waals surface area contributed by atoms with Gasteiger partial charge in [0.25, 0.3) is 0 Å². The van der Waals surface area contributed by atoms with Gasteiger partial charge in [-0.2, -0.15) is 0 Å². The van der Waals surface area contributed by atoms with Crippen molar-refractivity contribution in [3.8, 4) is 0 Å². The number of rotatable bonds is 4. The quantitative estimate of drug-likeness (QED) is 0.838. The van der Waals surface area contributed by atoms with E-state index in [1.54, 1.807) is 0 Å². The van der Waals surface area contributed by atoms with Crippen LogP contribution in [0.4, 0.5) is 0 Å². The summed E-state index contributed by atoms with van der Waals surface area (Å²) in [4.78, 5) is 12.0. The molecule has 18 heavy (non-hydrogen) atoms. The fourth-order valence-corrected chi connectivity index (χ4v) is 1.17. The molecule has 0 saturated carbocycles. The minimum Gasteiger partial charge on any atom is -0.376 e. The van der Waals surface area contributed by atoms with Crippen LogP contribution < -0.4 is 5.32 Å². The average molecular weight is 257 g/mol. The highest BCUT2D eigenvalue weighted by molar-refractivity contribution is 5.82. The SMILES string of the molecule is CC(OCC(C)(C)C)C(C)(C)NC(=O)C(C)(C)C. The summed E-state index contributed by atoms with van der Waals surface area (Å²) in [7, 11) is 0. The van der Waals surface area contributed by atoms with Gasteiger partial charge in [0, 0.05) is 5.41 Å². The maximum absolute atomic E-state index is 12.0. The average Bonchev–Trinajstić information content (AvgIpc) is 2.10. The van der Waals surface area contributed by atoms with Gasteiger partial charge in [0.2, 0.25) is 5.91 Å². The molecule has 1 N–H and O–H groups in total. The maximum Gasteiger partial charge on any atom is 0.225 e. The molecule has 0 aromatic rings. The van der Waals surface area contributed by atoms with Gasteiger partial charge in [-0.15, -0.1) is 0 Å². The first kappa shape index (κ1) is 17.4. The Labute approximate surface area is 113 Å². The predicted octanol–water partition coefficient (Wildman–Crippen LogP) is 3.38. The Bertz CT molecular complexity index is 282. The summed E-state index contributed by atoms with van der Waals surface area (Å²) >= 11 is 0. The summed E-state index contributed by atoms with van der Waals surface area (Å²) in [5.41, 5.74) is -0.602. The molecule has 0 aromatic carbocycles. The summed E-state index contributed by atoms with van der Waals surface area (Å²) in [6.45, 7) is 18.9. The van der Waals surface area contributed by atoms with E-state index < -0.39 is 0 Å². The summed E-state index contributed by atoms with van der Waals surface area (Å²) in [6.07, 6.45) is -0.0250. The first-order valence-corrected chi connectivity index (χ1v) is 6.70. The highest BCUT2D eigenvalue weighted by Gasteiger charge is 2.33. The zero-order valence-corrected chi connectivity index (χ0v) is 13.6. The number of hydrogen-bond acceptors (Lipinski definition) is 2. The number of nitrogens with one attached hydrogen (secondary N) is 1. The van der Waals surface area contributed by atoms with E-state index in [0.717, 1.165) is 0 Å². The van der Waals surface area contributed by atoms with Crippen LogP contribution in [0.1, 0.15) is 62.3 Å². The zero-order valence-electron chi connectivity index (χ0n) is 13.6. The van der Waals surface area contributed by atoms with Crippen LogP contribution in [0.15, 0.2) is 0 Å². The number of carbonyl (C=O) groups is 1. The normalized spacial score (nSPS) is 15.4. The summed E-state index contributed by atoms with van der Waals surface area (Å²) in [6, 6.07) is 0. The molecule has 3 nitrogen and oxygen atoms in total. The van der Waals surface area contributed by atoms with Gasteiger partial charge < -0.3 is 10.1 Å². The van der Waals surface area contributed by atoms with Gasteiger partial charge >= 0.3 is 0 Å². The van der Waals surface area contributed by atoms with Gasteiger partial charge in [0.05, 0.1) is 18.2 Å². The number of amides is 1. The smallest absolute Gasteiger partial charge is 0.225 e. The molecule has 108 valence electrons. The Morgan fingerprint density at radius 2 is 1.50 bits per heavy atom. The van der Waals surface area contributed by atoms with Crippen molar-refractivity contribution in [1.29, 1.82) is 0 Å². The van der Waals surface area contributed by atoms with Gasteiger partial charge in [-0.1, -0.05) is 41.5 Å². The first-order chi connectivity index (χ1) is 7.76. The van der Waals surface area contributed by atoms with E-state index in [9.17, 15) is 4.79 Å². The molecule has 0 aromatic heterocycles. The minimum absolute atomic E-state index is 0.0250. The Hall–Kier alpha value is -0.570. The van der Waals surface area contributed by atoms with Crippen LogP contribution in [-0.4, -0.2) is 24.2 Å². The molecule has 0 aliphatic heterocycles. The first-order valence-electron chi connectivity index (χ1n) is 6.70. The van der Waals surface area contributed by atoms with Crippen molar-refractivity contribution in [3.63, 3.8) is 0 Å². The van der Waals surface area contributed by atoms with Crippen LogP contribution in [0, 0.1) is 10.8 Å². The number of hydrogen-bond donors (Lipinski definition) is 1. The number of carbonyl (C=O) groups excluding carboxylic acids is 1. The van der Waals surface area contributed by atoms with Gasteiger partial charge in [0.15, 0.2) is 0 Å². The lowest BCUT2D eigenvalue weighted by Crippen LogP contribution is -2.55. The lowest BCUT2D eigenvalue weighted by molar-refractivity contribution is -0.132. The van der Waals surface area contributed by atoms with Crippen LogP contribution in [0.2, 0.25) is 0 Å². The van der Waals surface area contributed by atoms with Crippen LogP contribution in [0.3, 0.4) is 0 Å². The monoisotopic (exact) mass is 257 g/mol. The van der Waals surface area contributed by atoms with E-state index in [-0.39, 0.29) is 28.4 Å². The zero-order chi connectivity index (χ0) is 14.8. The Morgan fingerprint density at radius 1 is 1.06 bits per heavy atom. The molecule has 3 heteroatoms. The van der Waals surface area contributed by atoms with Crippen molar-refractivity contribution in [2.24, 2.45) is 10.8 Å². The molecule has 0 radical (unpaired) electrons. The fraction of sp³-hybridized carbons (Fsp3) is 0.933. The lowest BCUT2D eigenvalue weighted by atomic mass is 9.91. The van der Waals surface area contributed by atoms with Gasteiger partial charge in [0.1, 0.15) is 0 Å². The molecule has 0 rings (SSSR count).